The van der Waals surface area contributed by atoms with Crippen LogP contribution in [0, 0.1) is 28.6 Å². The van der Waals surface area contributed by atoms with Crippen molar-refractivity contribution >= 4 is 23.5 Å². The van der Waals surface area contributed by atoms with E-state index in [2.05, 4.69) is 26.8 Å². The molecule has 0 N–H and O–H groups in total. The summed E-state index contributed by atoms with van der Waals surface area (Å²) in [5, 5.41) is 0. The molecule has 0 bridgehead atoms. The summed E-state index contributed by atoms with van der Waals surface area (Å²) in [6.45, 7) is 8.70. The van der Waals surface area contributed by atoms with Crippen LogP contribution < -0.4 is 0 Å². The molecule has 0 amide bonds. The van der Waals surface area contributed by atoms with E-state index in [9.17, 15) is 19.2 Å². The molecule has 2 saturated carbocycles. The smallest absolute Gasteiger partial charge is 0.303 e. The summed E-state index contributed by atoms with van der Waals surface area (Å²) in [7, 11) is 0. The van der Waals surface area contributed by atoms with Gasteiger partial charge in [0.15, 0.2) is 18.0 Å². The molecule has 2 fully saturated rings. The molecule has 4 aliphatic rings. The summed E-state index contributed by atoms with van der Waals surface area (Å²) < 4.78 is 10.9. The molecule has 0 aromatic carbocycles. The second-order valence-corrected chi connectivity index (χ2v) is 10.7. The third kappa shape index (κ3) is 3.20. The van der Waals surface area contributed by atoms with Gasteiger partial charge in [-0.2, -0.15) is 0 Å². The largest absolute Gasteiger partial charge is 0.458 e. The first-order valence-electron chi connectivity index (χ1n) is 11.7. The Morgan fingerprint density at radius 1 is 1.03 bits per heavy atom. The highest BCUT2D eigenvalue weighted by Gasteiger charge is 2.68. The molecule has 4 aliphatic carbocycles. The van der Waals surface area contributed by atoms with Gasteiger partial charge in [-0.25, -0.2) is 0 Å². The van der Waals surface area contributed by atoms with Crippen LogP contribution >= 0.6 is 0 Å². The Morgan fingerprint density at radius 3 is 2.38 bits per heavy atom. The molecule has 0 unspecified atom stereocenters. The van der Waals surface area contributed by atoms with Crippen molar-refractivity contribution in [1.82, 2.24) is 0 Å². The number of allylic oxidation sites excluding steroid dienone is 4. The molecule has 4 rings (SSSR count). The van der Waals surface area contributed by atoms with E-state index in [1.165, 1.54) is 19.4 Å². The minimum absolute atomic E-state index is 0.0484. The first-order valence-corrected chi connectivity index (χ1v) is 11.7. The highest BCUT2D eigenvalue weighted by atomic mass is 16.6. The van der Waals surface area contributed by atoms with E-state index >= 15 is 0 Å². The van der Waals surface area contributed by atoms with Gasteiger partial charge in [0.25, 0.3) is 0 Å². The van der Waals surface area contributed by atoms with Gasteiger partial charge in [-0.1, -0.05) is 25.5 Å². The topological polar surface area (TPSA) is 86.7 Å². The molecule has 174 valence electrons. The summed E-state index contributed by atoms with van der Waals surface area (Å²) in [5.74, 6) is -0.308. The number of ketones is 2. The van der Waals surface area contributed by atoms with E-state index in [4.69, 9.17) is 9.47 Å². The second-order valence-electron chi connectivity index (χ2n) is 10.7. The van der Waals surface area contributed by atoms with E-state index in [1.807, 2.05) is 6.08 Å². The van der Waals surface area contributed by atoms with Gasteiger partial charge in [0, 0.05) is 25.7 Å². The molecule has 32 heavy (non-hydrogen) atoms. The molecule has 0 aromatic heterocycles. The maximum atomic E-state index is 13.4. The Kier molecular flexibility index (Phi) is 5.50. The molecule has 6 atom stereocenters. The number of esters is 2. The number of hydrogen-bond donors (Lipinski definition) is 0. The van der Waals surface area contributed by atoms with Crippen molar-refractivity contribution in [1.29, 1.82) is 0 Å². The van der Waals surface area contributed by atoms with Crippen LogP contribution in [0.15, 0.2) is 23.3 Å². The van der Waals surface area contributed by atoms with Crippen LogP contribution in [0.25, 0.3) is 0 Å². The SMILES string of the molecule is CC(=O)OCC(=O)[C@@]1(OC(C)=O)CC[C@H]2[C@@H]3C=C(C)C4=CC(=O)CC[C@]4(C)[C@H]3CC[C@@]21C. The predicted molar refractivity (Wildman–Crippen MR) is 117 cm³/mol. The lowest BCUT2D eigenvalue weighted by Crippen LogP contribution is -2.59. The zero-order valence-corrected chi connectivity index (χ0v) is 19.8. The highest BCUT2D eigenvalue weighted by Crippen LogP contribution is 2.67. The molecule has 6 heteroatoms. The quantitative estimate of drug-likeness (QED) is 0.609. The molecule has 0 radical (unpaired) electrons. The van der Waals surface area contributed by atoms with Crippen LogP contribution in [0.2, 0.25) is 0 Å². The Morgan fingerprint density at radius 2 is 1.72 bits per heavy atom. The second kappa shape index (κ2) is 7.67. The van der Waals surface area contributed by atoms with Crippen molar-refractivity contribution in [3.05, 3.63) is 23.3 Å². The van der Waals surface area contributed by atoms with Crippen LogP contribution in [0.1, 0.15) is 73.1 Å². The monoisotopic (exact) mass is 442 g/mol. The minimum Gasteiger partial charge on any atom is -0.458 e. The average molecular weight is 443 g/mol. The lowest BCUT2D eigenvalue weighted by Gasteiger charge is -2.58. The molecular weight excluding hydrogens is 408 g/mol. The summed E-state index contributed by atoms with van der Waals surface area (Å²) in [6, 6.07) is 0. The lowest BCUT2D eigenvalue weighted by molar-refractivity contribution is -0.189. The Balaban J connectivity index is 1.74. The van der Waals surface area contributed by atoms with Crippen molar-refractivity contribution in [3.63, 3.8) is 0 Å². The number of ether oxygens (including phenoxy) is 2. The third-order valence-electron chi connectivity index (χ3n) is 9.12. The Hall–Kier alpha value is -2.24. The first-order chi connectivity index (χ1) is 14.9. The maximum Gasteiger partial charge on any atom is 0.303 e. The van der Waals surface area contributed by atoms with Crippen molar-refractivity contribution in [2.75, 3.05) is 6.61 Å². The first kappa shape index (κ1) is 22.9. The number of hydrogen-bond acceptors (Lipinski definition) is 6. The molecular formula is C26H34O6. The Bertz CT molecular complexity index is 944. The van der Waals surface area contributed by atoms with Gasteiger partial charge < -0.3 is 9.47 Å². The van der Waals surface area contributed by atoms with Gasteiger partial charge in [0.1, 0.15) is 0 Å². The number of rotatable bonds is 4. The van der Waals surface area contributed by atoms with Crippen LogP contribution in [0.4, 0.5) is 0 Å². The summed E-state index contributed by atoms with van der Waals surface area (Å²) in [4.78, 5) is 49.0. The van der Waals surface area contributed by atoms with Gasteiger partial charge in [-0.3, -0.25) is 19.2 Å². The number of Topliss-reactive ketones (excluding diaryl/α,β-unsaturated/α-hetero) is 1. The van der Waals surface area contributed by atoms with E-state index in [1.54, 1.807) is 0 Å². The van der Waals surface area contributed by atoms with Crippen molar-refractivity contribution in [2.24, 2.45) is 28.6 Å². The predicted octanol–water partition coefficient (Wildman–Crippen LogP) is 4.12. The van der Waals surface area contributed by atoms with Crippen LogP contribution in [-0.2, 0) is 28.7 Å². The molecule has 0 spiro atoms. The van der Waals surface area contributed by atoms with Crippen LogP contribution in [0.5, 0.6) is 0 Å². The zero-order chi connectivity index (χ0) is 23.5. The van der Waals surface area contributed by atoms with Gasteiger partial charge >= 0.3 is 11.9 Å². The fourth-order valence-corrected chi connectivity index (χ4v) is 7.63. The molecule has 0 heterocycles. The van der Waals surface area contributed by atoms with Crippen LogP contribution in [0.3, 0.4) is 0 Å². The van der Waals surface area contributed by atoms with Crippen molar-refractivity contribution in [2.45, 2.75) is 78.7 Å². The van der Waals surface area contributed by atoms with Crippen molar-refractivity contribution in [3.8, 4) is 0 Å². The lowest BCUT2D eigenvalue weighted by atomic mass is 9.47. The third-order valence-corrected chi connectivity index (χ3v) is 9.12. The molecule has 0 aliphatic heterocycles. The minimum atomic E-state index is -1.27. The fraction of sp³-hybridized carbons (Fsp3) is 0.692. The number of carbonyl (C=O) groups excluding carboxylic acids is 4. The van der Waals surface area contributed by atoms with E-state index in [0.717, 1.165) is 31.3 Å². The maximum absolute atomic E-state index is 13.4. The normalized spacial score (nSPS) is 40.3. The molecule has 0 saturated heterocycles. The Labute approximate surface area is 189 Å². The number of fused-ring (bicyclic) bond motifs is 5. The van der Waals surface area contributed by atoms with Gasteiger partial charge in [0.05, 0.1) is 0 Å². The van der Waals surface area contributed by atoms with E-state index < -0.39 is 23.0 Å². The summed E-state index contributed by atoms with van der Waals surface area (Å²) in [5.41, 5.74) is 0.477. The highest BCUT2D eigenvalue weighted by molar-refractivity contribution is 5.93. The fourth-order valence-electron chi connectivity index (χ4n) is 7.63. The molecule has 6 nitrogen and oxygen atoms in total. The average Bonchev–Trinajstić information content (AvgIpc) is 3.00. The van der Waals surface area contributed by atoms with Gasteiger partial charge in [-0.15, -0.1) is 0 Å². The van der Waals surface area contributed by atoms with Gasteiger partial charge in [-0.05, 0) is 73.8 Å². The summed E-state index contributed by atoms with van der Waals surface area (Å²) >= 11 is 0. The standard InChI is InChI=1S/C26H34O6/c1-15-12-19-20(24(4)9-6-18(29)13-22(15)24)7-10-25(5)21(19)8-11-26(25,32-17(3)28)23(30)14-31-16(2)27/h12-13,19-21H,6-11,14H2,1-5H3/t19-,20+,21+,24-,25+,26+/m1/s1. The molecule has 0 aromatic rings. The van der Waals surface area contributed by atoms with Crippen molar-refractivity contribution < 1.29 is 28.7 Å². The number of carbonyl (C=O) groups is 4. The van der Waals surface area contributed by atoms with Crippen LogP contribution in [-0.4, -0.2) is 35.7 Å². The summed E-state index contributed by atoms with van der Waals surface area (Å²) in [6.07, 6.45) is 8.45. The zero-order valence-electron chi connectivity index (χ0n) is 19.8. The van der Waals surface area contributed by atoms with Gasteiger partial charge in [0.2, 0.25) is 5.78 Å². The van der Waals surface area contributed by atoms with E-state index in [0.29, 0.717) is 18.8 Å². The van der Waals surface area contributed by atoms with E-state index in [-0.39, 0.29) is 35.4 Å².